The van der Waals surface area contributed by atoms with Crippen LogP contribution in [0.3, 0.4) is 0 Å². The molecule has 7 heteroatoms. The van der Waals surface area contributed by atoms with E-state index in [0.29, 0.717) is 19.8 Å². The van der Waals surface area contributed by atoms with Crippen LogP contribution in [-0.2, 0) is 14.9 Å². The zero-order valence-corrected chi connectivity index (χ0v) is 15.7. The van der Waals surface area contributed by atoms with Crippen LogP contribution in [0.1, 0.15) is 44.1 Å². The molecule has 0 atom stereocenters. The van der Waals surface area contributed by atoms with Gasteiger partial charge in [0.05, 0.1) is 5.54 Å². The lowest BCUT2D eigenvalue weighted by molar-refractivity contribution is -0.126. The van der Waals surface area contributed by atoms with Crippen LogP contribution in [0.15, 0.2) is 18.2 Å². The van der Waals surface area contributed by atoms with Crippen molar-refractivity contribution in [3.05, 3.63) is 23.8 Å². The quantitative estimate of drug-likeness (QED) is 0.834. The Hall–Kier alpha value is -1.50. The molecule has 2 fully saturated rings. The van der Waals surface area contributed by atoms with Gasteiger partial charge in [-0.1, -0.05) is 18.9 Å². The molecule has 3 N–H and O–H groups in total. The van der Waals surface area contributed by atoms with Crippen molar-refractivity contribution >= 4 is 18.3 Å². The molecular formula is C19H27ClN2O4. The lowest BCUT2D eigenvalue weighted by Crippen LogP contribution is -2.55. The summed E-state index contributed by atoms with van der Waals surface area (Å²) in [6.45, 7) is 2.23. The van der Waals surface area contributed by atoms with Gasteiger partial charge in [0.25, 0.3) is 0 Å². The first kappa shape index (κ1) is 19.3. The second-order valence-corrected chi connectivity index (χ2v) is 7.51. The molecule has 1 aliphatic carbocycles. The number of hydrogen-bond acceptors (Lipinski definition) is 5. The van der Waals surface area contributed by atoms with E-state index in [1.54, 1.807) is 0 Å². The van der Waals surface area contributed by atoms with Crippen LogP contribution in [0, 0.1) is 0 Å². The molecule has 4 rings (SSSR count). The van der Waals surface area contributed by atoms with Gasteiger partial charge in [-0.2, -0.15) is 0 Å². The summed E-state index contributed by atoms with van der Waals surface area (Å²) in [4.78, 5) is 12.7. The van der Waals surface area contributed by atoms with E-state index >= 15 is 0 Å². The third kappa shape index (κ3) is 3.50. The van der Waals surface area contributed by atoms with Gasteiger partial charge in [-0.25, -0.2) is 0 Å². The van der Waals surface area contributed by atoms with E-state index in [2.05, 4.69) is 11.4 Å². The van der Waals surface area contributed by atoms with Crippen LogP contribution in [0.5, 0.6) is 11.5 Å². The number of amides is 1. The van der Waals surface area contributed by atoms with Crippen LogP contribution < -0.4 is 20.5 Å². The third-order valence-corrected chi connectivity index (χ3v) is 5.97. The smallest absolute Gasteiger partial charge is 0.240 e. The molecule has 2 aliphatic heterocycles. The van der Waals surface area contributed by atoms with Crippen molar-refractivity contribution in [1.82, 2.24) is 5.32 Å². The van der Waals surface area contributed by atoms with Gasteiger partial charge in [0.1, 0.15) is 0 Å². The lowest BCUT2D eigenvalue weighted by Gasteiger charge is -2.38. The third-order valence-electron chi connectivity index (χ3n) is 5.97. The molecule has 0 aromatic heterocycles. The van der Waals surface area contributed by atoms with E-state index in [9.17, 15) is 4.79 Å². The van der Waals surface area contributed by atoms with E-state index in [0.717, 1.165) is 55.6 Å². The molecule has 1 amide bonds. The number of carbonyl (C=O) groups is 1. The first-order valence-electron chi connectivity index (χ1n) is 9.17. The molecule has 26 heavy (non-hydrogen) atoms. The number of carbonyl (C=O) groups excluding carboxylic acids is 1. The van der Waals surface area contributed by atoms with Crippen LogP contribution in [0.2, 0.25) is 0 Å². The second kappa shape index (κ2) is 7.62. The summed E-state index contributed by atoms with van der Waals surface area (Å²) >= 11 is 0. The van der Waals surface area contributed by atoms with Crippen LogP contribution in [0.4, 0.5) is 0 Å². The van der Waals surface area contributed by atoms with E-state index < -0.39 is 5.54 Å². The van der Waals surface area contributed by atoms with E-state index in [1.807, 2.05) is 12.1 Å². The van der Waals surface area contributed by atoms with Crippen molar-refractivity contribution in [3.8, 4) is 11.5 Å². The van der Waals surface area contributed by atoms with Crippen molar-refractivity contribution in [2.45, 2.75) is 49.5 Å². The predicted molar refractivity (Wildman–Crippen MR) is 99.9 cm³/mol. The van der Waals surface area contributed by atoms with Crippen molar-refractivity contribution in [3.63, 3.8) is 0 Å². The first-order chi connectivity index (χ1) is 12.1. The highest BCUT2D eigenvalue weighted by Crippen LogP contribution is 2.40. The van der Waals surface area contributed by atoms with Crippen LogP contribution in [0.25, 0.3) is 0 Å². The van der Waals surface area contributed by atoms with Crippen molar-refractivity contribution < 1.29 is 19.0 Å². The fourth-order valence-electron chi connectivity index (χ4n) is 4.21. The summed E-state index contributed by atoms with van der Waals surface area (Å²) in [5.41, 5.74) is 6.62. The Morgan fingerprint density at radius 1 is 1.08 bits per heavy atom. The minimum absolute atomic E-state index is 0. The Balaban J connectivity index is 0.00000196. The second-order valence-electron chi connectivity index (χ2n) is 7.51. The average Bonchev–Trinajstić information content (AvgIpc) is 3.29. The highest BCUT2D eigenvalue weighted by molar-refractivity contribution is 5.86. The Kier molecular flexibility index (Phi) is 5.65. The van der Waals surface area contributed by atoms with Crippen molar-refractivity contribution in [2.75, 3.05) is 26.6 Å². The van der Waals surface area contributed by atoms with Gasteiger partial charge in [0.2, 0.25) is 12.7 Å². The summed E-state index contributed by atoms with van der Waals surface area (Å²) in [6, 6.07) is 6.09. The van der Waals surface area contributed by atoms with Gasteiger partial charge in [0.15, 0.2) is 11.5 Å². The van der Waals surface area contributed by atoms with E-state index in [-0.39, 0.29) is 30.5 Å². The maximum atomic E-state index is 12.7. The van der Waals surface area contributed by atoms with Crippen molar-refractivity contribution in [2.24, 2.45) is 5.73 Å². The van der Waals surface area contributed by atoms with Gasteiger partial charge >= 0.3 is 0 Å². The number of nitrogens with one attached hydrogen (secondary N) is 1. The molecule has 1 saturated heterocycles. The molecule has 1 aromatic carbocycles. The molecule has 6 nitrogen and oxygen atoms in total. The fourth-order valence-corrected chi connectivity index (χ4v) is 4.21. The molecule has 0 spiro atoms. The maximum Gasteiger partial charge on any atom is 0.240 e. The number of ether oxygens (including phenoxy) is 3. The molecule has 1 saturated carbocycles. The summed E-state index contributed by atoms with van der Waals surface area (Å²) in [6.07, 6.45) is 5.35. The number of hydrogen-bond donors (Lipinski definition) is 2. The summed E-state index contributed by atoms with van der Waals surface area (Å²) in [7, 11) is 0. The topological polar surface area (TPSA) is 82.8 Å². The Morgan fingerprint density at radius 3 is 2.50 bits per heavy atom. The average molecular weight is 383 g/mol. The molecule has 0 unspecified atom stereocenters. The Labute approximate surface area is 160 Å². The number of halogens is 1. The van der Waals surface area contributed by atoms with Gasteiger partial charge < -0.3 is 25.3 Å². The van der Waals surface area contributed by atoms with Crippen molar-refractivity contribution in [1.29, 1.82) is 0 Å². The number of rotatable bonds is 4. The SMILES string of the molecule is Cl.NC1(C(=O)NCC2(c3ccc4c(c3)OCO4)CCOCC2)CCCC1. The zero-order valence-electron chi connectivity index (χ0n) is 14.9. The van der Waals surface area contributed by atoms with Crippen LogP contribution >= 0.6 is 12.4 Å². The lowest BCUT2D eigenvalue weighted by atomic mass is 9.74. The largest absolute Gasteiger partial charge is 0.454 e. The zero-order chi connectivity index (χ0) is 17.3. The highest BCUT2D eigenvalue weighted by atomic mass is 35.5. The van der Waals surface area contributed by atoms with Gasteiger partial charge in [0, 0.05) is 25.2 Å². The van der Waals surface area contributed by atoms with Gasteiger partial charge in [-0.15, -0.1) is 12.4 Å². The number of nitrogens with two attached hydrogens (primary N) is 1. The number of fused-ring (bicyclic) bond motifs is 1. The summed E-state index contributed by atoms with van der Waals surface area (Å²) in [5.74, 6) is 1.54. The fraction of sp³-hybridized carbons (Fsp3) is 0.632. The molecule has 3 aliphatic rings. The normalized spacial score (nSPS) is 22.5. The van der Waals surface area contributed by atoms with Gasteiger partial charge in [-0.3, -0.25) is 4.79 Å². The van der Waals surface area contributed by atoms with Crippen LogP contribution in [-0.4, -0.2) is 38.0 Å². The van der Waals surface area contributed by atoms with Gasteiger partial charge in [-0.05, 0) is 43.4 Å². The number of benzene rings is 1. The minimum atomic E-state index is -0.693. The predicted octanol–water partition coefficient (Wildman–Crippen LogP) is 2.27. The maximum absolute atomic E-state index is 12.7. The molecule has 0 bridgehead atoms. The molecule has 144 valence electrons. The Morgan fingerprint density at radius 2 is 1.77 bits per heavy atom. The first-order valence-corrected chi connectivity index (χ1v) is 9.17. The highest BCUT2D eigenvalue weighted by Gasteiger charge is 2.40. The monoisotopic (exact) mass is 382 g/mol. The molecule has 1 aromatic rings. The summed E-state index contributed by atoms with van der Waals surface area (Å²) in [5, 5.41) is 3.15. The Bertz CT molecular complexity index is 655. The standard InChI is InChI=1S/C19H26N2O4.ClH/c20-19(5-1-2-6-19)17(22)21-12-18(7-9-23-10-8-18)14-3-4-15-16(11-14)25-13-24-15;/h3-4,11H,1-2,5-10,12-13,20H2,(H,21,22);1H. The molecule has 2 heterocycles. The molecule has 0 radical (unpaired) electrons. The summed E-state index contributed by atoms with van der Waals surface area (Å²) < 4.78 is 16.5. The molecular weight excluding hydrogens is 356 g/mol. The van der Waals surface area contributed by atoms with E-state index in [4.69, 9.17) is 19.9 Å². The van der Waals surface area contributed by atoms with E-state index in [1.165, 1.54) is 0 Å². The minimum Gasteiger partial charge on any atom is -0.454 e.